The minimum Gasteiger partial charge on any atom is -0.508 e. The number of urea groups is 1. The van der Waals surface area contributed by atoms with Gasteiger partial charge in [0.25, 0.3) is 0 Å². The smallest absolute Gasteiger partial charge is 0.339 e. The van der Waals surface area contributed by atoms with Crippen LogP contribution in [-0.4, -0.2) is 17.4 Å². The molecule has 0 unspecified atom stereocenters. The third-order valence-electron chi connectivity index (χ3n) is 2.64. The number of carbonyl (C=O) groups is 1. The van der Waals surface area contributed by atoms with Crippen LogP contribution >= 0.6 is 0 Å². The van der Waals surface area contributed by atoms with Crippen molar-refractivity contribution in [2.75, 3.05) is 5.32 Å². The first kappa shape index (κ1) is 13.6. The lowest BCUT2D eigenvalue weighted by atomic mass is 10.1. The van der Waals surface area contributed by atoms with Gasteiger partial charge in [0.15, 0.2) is 0 Å². The second-order valence-corrected chi connectivity index (χ2v) is 4.24. The van der Waals surface area contributed by atoms with E-state index in [9.17, 15) is 9.90 Å². The maximum atomic E-state index is 11.5. The maximum absolute atomic E-state index is 11.5. The Morgan fingerprint density at radius 1 is 1.20 bits per heavy atom. The normalized spacial score (nSPS) is 10.4. The zero-order valence-corrected chi connectivity index (χ0v) is 11.0. The van der Waals surface area contributed by atoms with Gasteiger partial charge in [-0.2, -0.15) is 5.10 Å². The first-order chi connectivity index (χ1) is 9.65. The predicted octanol–water partition coefficient (Wildman–Crippen LogP) is 2.86. The van der Waals surface area contributed by atoms with Gasteiger partial charge in [-0.05, 0) is 36.2 Å². The molecule has 0 bridgehead atoms. The molecule has 2 rings (SSSR count). The van der Waals surface area contributed by atoms with Crippen molar-refractivity contribution in [2.24, 2.45) is 5.10 Å². The summed E-state index contributed by atoms with van der Waals surface area (Å²) in [7, 11) is 0. The van der Waals surface area contributed by atoms with E-state index in [-0.39, 0.29) is 5.75 Å². The Labute approximate surface area is 117 Å². The molecule has 0 heterocycles. The Bertz CT molecular complexity index is 624. The van der Waals surface area contributed by atoms with E-state index in [4.69, 9.17) is 0 Å². The quantitative estimate of drug-likeness (QED) is 0.592. The number of aryl methyl sites for hydroxylation is 1. The number of aromatic hydroxyl groups is 1. The van der Waals surface area contributed by atoms with Gasteiger partial charge in [0, 0.05) is 5.69 Å². The zero-order chi connectivity index (χ0) is 14.4. The van der Waals surface area contributed by atoms with Crippen LogP contribution in [0, 0.1) is 6.92 Å². The van der Waals surface area contributed by atoms with Crippen LogP contribution in [0.5, 0.6) is 5.75 Å². The average molecular weight is 269 g/mol. The van der Waals surface area contributed by atoms with E-state index in [0.717, 1.165) is 5.56 Å². The molecule has 0 radical (unpaired) electrons. The highest BCUT2D eigenvalue weighted by atomic mass is 16.3. The molecule has 0 spiro atoms. The van der Waals surface area contributed by atoms with Gasteiger partial charge in [-0.15, -0.1) is 0 Å². The molecule has 2 aromatic rings. The summed E-state index contributed by atoms with van der Waals surface area (Å²) in [6, 6.07) is 13.8. The maximum Gasteiger partial charge on any atom is 0.339 e. The van der Waals surface area contributed by atoms with E-state index in [1.807, 2.05) is 25.1 Å². The summed E-state index contributed by atoms with van der Waals surface area (Å²) in [4.78, 5) is 11.5. The van der Waals surface area contributed by atoms with Crippen LogP contribution in [0.4, 0.5) is 10.5 Å². The largest absolute Gasteiger partial charge is 0.508 e. The number of carbonyl (C=O) groups excluding carboxylic acids is 1. The van der Waals surface area contributed by atoms with Crippen LogP contribution in [0.2, 0.25) is 0 Å². The Balaban J connectivity index is 1.89. The Morgan fingerprint density at radius 3 is 2.65 bits per heavy atom. The lowest BCUT2D eigenvalue weighted by Crippen LogP contribution is -2.24. The van der Waals surface area contributed by atoms with Crippen molar-refractivity contribution in [3.63, 3.8) is 0 Å². The molecule has 2 amide bonds. The summed E-state index contributed by atoms with van der Waals surface area (Å²) < 4.78 is 0. The van der Waals surface area contributed by atoms with Gasteiger partial charge in [-0.25, -0.2) is 10.2 Å². The molecule has 0 aliphatic rings. The lowest BCUT2D eigenvalue weighted by Gasteiger charge is -2.03. The van der Waals surface area contributed by atoms with Crippen molar-refractivity contribution in [3.05, 3.63) is 59.7 Å². The van der Waals surface area contributed by atoms with Crippen LogP contribution in [0.3, 0.4) is 0 Å². The van der Waals surface area contributed by atoms with Crippen molar-refractivity contribution in [1.82, 2.24) is 5.43 Å². The monoisotopic (exact) mass is 269 g/mol. The van der Waals surface area contributed by atoms with Gasteiger partial charge in [0.05, 0.1) is 6.21 Å². The molecular weight excluding hydrogens is 254 g/mol. The summed E-state index contributed by atoms with van der Waals surface area (Å²) in [5.74, 6) is 0.197. The number of phenols is 1. The van der Waals surface area contributed by atoms with Gasteiger partial charge in [-0.3, -0.25) is 0 Å². The highest BCUT2D eigenvalue weighted by molar-refractivity contribution is 5.90. The molecule has 0 fully saturated rings. The van der Waals surface area contributed by atoms with Crippen molar-refractivity contribution in [2.45, 2.75) is 6.92 Å². The van der Waals surface area contributed by atoms with Gasteiger partial charge in [0.1, 0.15) is 5.75 Å². The number of hydrogen-bond donors (Lipinski definition) is 3. The van der Waals surface area contributed by atoms with Gasteiger partial charge < -0.3 is 10.4 Å². The standard InChI is InChI=1S/C15H15N3O2/c1-11-7-8-12(9-14(11)19)10-16-18-15(20)17-13-5-3-2-4-6-13/h2-10,19H,1H3,(H2,17,18,20)/b16-10+. The van der Waals surface area contributed by atoms with E-state index in [1.54, 1.807) is 30.3 Å². The number of benzene rings is 2. The second kappa shape index (κ2) is 6.38. The van der Waals surface area contributed by atoms with Crippen LogP contribution in [0.25, 0.3) is 0 Å². The van der Waals surface area contributed by atoms with Crippen LogP contribution < -0.4 is 10.7 Å². The van der Waals surface area contributed by atoms with Crippen molar-refractivity contribution < 1.29 is 9.90 Å². The van der Waals surface area contributed by atoms with E-state index in [0.29, 0.717) is 11.3 Å². The molecule has 2 aromatic carbocycles. The molecule has 0 aromatic heterocycles. The topological polar surface area (TPSA) is 73.7 Å². The molecule has 20 heavy (non-hydrogen) atoms. The molecule has 0 aliphatic carbocycles. The number of amides is 2. The highest BCUT2D eigenvalue weighted by Gasteiger charge is 1.99. The number of hydrogen-bond acceptors (Lipinski definition) is 3. The molecule has 0 saturated carbocycles. The van der Waals surface area contributed by atoms with E-state index in [1.165, 1.54) is 6.21 Å². The van der Waals surface area contributed by atoms with Crippen molar-refractivity contribution in [1.29, 1.82) is 0 Å². The first-order valence-corrected chi connectivity index (χ1v) is 6.10. The number of anilines is 1. The van der Waals surface area contributed by atoms with Crippen LogP contribution in [-0.2, 0) is 0 Å². The fourth-order valence-electron chi connectivity index (χ4n) is 1.55. The average Bonchev–Trinajstić information content (AvgIpc) is 2.44. The van der Waals surface area contributed by atoms with Crippen LogP contribution in [0.1, 0.15) is 11.1 Å². The molecule has 3 N–H and O–H groups in total. The minimum absolute atomic E-state index is 0.197. The summed E-state index contributed by atoms with van der Waals surface area (Å²) in [5.41, 5.74) is 4.53. The van der Waals surface area contributed by atoms with Crippen molar-refractivity contribution >= 4 is 17.9 Å². The summed E-state index contributed by atoms with van der Waals surface area (Å²) >= 11 is 0. The SMILES string of the molecule is Cc1ccc(/C=N/NC(=O)Nc2ccccc2)cc1O. The number of hydrazone groups is 1. The number of para-hydroxylation sites is 1. The molecular formula is C15H15N3O2. The van der Waals surface area contributed by atoms with E-state index >= 15 is 0 Å². The summed E-state index contributed by atoms with van der Waals surface area (Å²) in [6.45, 7) is 1.81. The first-order valence-electron chi connectivity index (χ1n) is 6.10. The fourth-order valence-corrected chi connectivity index (χ4v) is 1.55. The third-order valence-corrected chi connectivity index (χ3v) is 2.64. The molecule has 0 atom stereocenters. The zero-order valence-electron chi connectivity index (χ0n) is 11.0. The number of phenolic OH excluding ortho intramolecular Hbond substituents is 1. The molecule has 0 saturated heterocycles. The molecule has 0 aliphatic heterocycles. The lowest BCUT2D eigenvalue weighted by molar-refractivity contribution is 0.252. The Morgan fingerprint density at radius 2 is 1.95 bits per heavy atom. The number of nitrogens with zero attached hydrogens (tertiary/aromatic N) is 1. The highest BCUT2D eigenvalue weighted by Crippen LogP contribution is 2.16. The second-order valence-electron chi connectivity index (χ2n) is 4.24. The number of nitrogens with one attached hydrogen (secondary N) is 2. The predicted molar refractivity (Wildman–Crippen MR) is 79.0 cm³/mol. The fraction of sp³-hybridized carbons (Fsp3) is 0.0667. The Kier molecular flexibility index (Phi) is 4.34. The number of rotatable bonds is 3. The summed E-state index contributed by atoms with van der Waals surface area (Å²) in [6.07, 6.45) is 1.46. The van der Waals surface area contributed by atoms with Crippen LogP contribution in [0.15, 0.2) is 53.6 Å². The third kappa shape index (κ3) is 3.84. The van der Waals surface area contributed by atoms with Gasteiger partial charge >= 0.3 is 6.03 Å². The minimum atomic E-state index is -0.427. The summed E-state index contributed by atoms with van der Waals surface area (Å²) in [5, 5.41) is 16.0. The van der Waals surface area contributed by atoms with Gasteiger partial charge in [0.2, 0.25) is 0 Å². The van der Waals surface area contributed by atoms with E-state index in [2.05, 4.69) is 15.8 Å². The Hall–Kier alpha value is -2.82. The molecule has 5 nitrogen and oxygen atoms in total. The van der Waals surface area contributed by atoms with E-state index < -0.39 is 6.03 Å². The molecule has 102 valence electrons. The molecule has 5 heteroatoms. The van der Waals surface area contributed by atoms with Crippen molar-refractivity contribution in [3.8, 4) is 5.75 Å². The van der Waals surface area contributed by atoms with Gasteiger partial charge in [-0.1, -0.05) is 30.3 Å².